The molecule has 2 nitrogen and oxygen atoms in total. The van der Waals surface area contributed by atoms with Gasteiger partial charge in [-0.1, -0.05) is 6.07 Å². The van der Waals surface area contributed by atoms with Crippen LogP contribution in [0.5, 0.6) is 0 Å². The summed E-state index contributed by atoms with van der Waals surface area (Å²) in [5, 5.41) is 7.11. The van der Waals surface area contributed by atoms with E-state index in [2.05, 4.69) is 0 Å². The van der Waals surface area contributed by atoms with Crippen LogP contribution >= 0.6 is 0 Å². The fraction of sp³-hybridized carbons (Fsp3) is 0.286. The summed E-state index contributed by atoms with van der Waals surface area (Å²) in [6.07, 6.45) is -3.03. The van der Waals surface area contributed by atoms with Crippen molar-refractivity contribution in [3.05, 3.63) is 29.9 Å². The topological polar surface area (TPSA) is 28.8 Å². The number of hydrogen-bond acceptors (Lipinski definition) is 1. The summed E-state index contributed by atoms with van der Waals surface area (Å²) in [5.74, 6) is 0. The van der Waals surface area contributed by atoms with Gasteiger partial charge in [0.15, 0.2) is 0 Å². The van der Waals surface area contributed by atoms with Crippen LogP contribution < -0.4 is 5.49 Å². The van der Waals surface area contributed by atoms with Gasteiger partial charge in [-0.2, -0.15) is 13.2 Å². The minimum Gasteiger partial charge on any atom is -0.324 e. The molecule has 1 aromatic heterocycles. The standard InChI is InChI=1S/C7H7F3N2/c8-7(9,10)5-12-4-2-1-3-6(12)11/h1-4,11H,5H2. The quantitative estimate of drug-likeness (QED) is 0.672. The molecule has 0 bridgehead atoms. The molecule has 1 N–H and O–H groups in total. The molecular weight excluding hydrogens is 169 g/mol. The molecule has 1 aromatic rings. The van der Waals surface area contributed by atoms with Gasteiger partial charge in [0.05, 0.1) is 0 Å². The maximum atomic E-state index is 11.8. The van der Waals surface area contributed by atoms with Gasteiger partial charge in [-0.15, -0.1) is 0 Å². The van der Waals surface area contributed by atoms with Crippen molar-refractivity contribution in [1.29, 1.82) is 5.41 Å². The Morgan fingerprint density at radius 1 is 1.33 bits per heavy atom. The van der Waals surface area contributed by atoms with Gasteiger partial charge in [-0.25, -0.2) is 0 Å². The van der Waals surface area contributed by atoms with Crippen molar-refractivity contribution < 1.29 is 13.2 Å². The monoisotopic (exact) mass is 176 g/mol. The van der Waals surface area contributed by atoms with Gasteiger partial charge in [-0.05, 0) is 12.1 Å². The molecule has 1 heterocycles. The second-order valence-electron chi connectivity index (χ2n) is 2.33. The first-order valence-corrected chi connectivity index (χ1v) is 3.26. The smallest absolute Gasteiger partial charge is 0.324 e. The van der Waals surface area contributed by atoms with Crippen LogP contribution in [0.2, 0.25) is 0 Å². The molecule has 0 aliphatic rings. The molecule has 0 aromatic carbocycles. The van der Waals surface area contributed by atoms with Crippen molar-refractivity contribution in [2.45, 2.75) is 12.7 Å². The summed E-state index contributed by atoms with van der Waals surface area (Å²) in [7, 11) is 0. The van der Waals surface area contributed by atoms with Gasteiger partial charge in [0.25, 0.3) is 0 Å². The number of aromatic nitrogens is 1. The first-order valence-electron chi connectivity index (χ1n) is 3.26. The van der Waals surface area contributed by atoms with E-state index in [1.807, 2.05) is 0 Å². The number of nitrogens with zero attached hydrogens (tertiary/aromatic N) is 1. The molecule has 5 heteroatoms. The largest absolute Gasteiger partial charge is 0.406 e. The second kappa shape index (κ2) is 3.00. The molecule has 12 heavy (non-hydrogen) atoms. The summed E-state index contributed by atoms with van der Waals surface area (Å²) >= 11 is 0. The minimum absolute atomic E-state index is 0.144. The summed E-state index contributed by atoms with van der Waals surface area (Å²) in [4.78, 5) is 0. The van der Waals surface area contributed by atoms with Gasteiger partial charge < -0.3 is 4.57 Å². The number of hydrogen-bond donors (Lipinski definition) is 1. The van der Waals surface area contributed by atoms with Crippen LogP contribution in [0.1, 0.15) is 0 Å². The first-order chi connectivity index (χ1) is 5.49. The summed E-state index contributed by atoms with van der Waals surface area (Å²) in [6, 6.07) is 4.30. The molecule has 0 atom stereocenters. The zero-order chi connectivity index (χ0) is 9.19. The molecule has 0 amide bonds. The van der Waals surface area contributed by atoms with E-state index in [0.717, 1.165) is 4.57 Å². The van der Waals surface area contributed by atoms with Crippen LogP contribution in [-0.2, 0) is 6.54 Å². The lowest BCUT2D eigenvalue weighted by Gasteiger charge is -2.08. The third-order valence-electron chi connectivity index (χ3n) is 1.29. The van der Waals surface area contributed by atoms with E-state index in [4.69, 9.17) is 5.41 Å². The average Bonchev–Trinajstić information content (AvgIpc) is 1.91. The fourth-order valence-corrected chi connectivity index (χ4v) is 0.807. The molecule has 0 aliphatic heterocycles. The Hall–Kier alpha value is -1.26. The highest BCUT2D eigenvalue weighted by Gasteiger charge is 2.27. The van der Waals surface area contributed by atoms with Gasteiger partial charge in [0.2, 0.25) is 0 Å². The summed E-state index contributed by atoms with van der Waals surface area (Å²) in [6.45, 7) is -1.10. The van der Waals surface area contributed by atoms with Gasteiger partial charge >= 0.3 is 6.18 Å². The third kappa shape index (κ3) is 2.41. The van der Waals surface area contributed by atoms with Crippen molar-refractivity contribution in [3.63, 3.8) is 0 Å². The van der Waals surface area contributed by atoms with Crippen LogP contribution in [0.3, 0.4) is 0 Å². The Morgan fingerprint density at radius 2 is 2.00 bits per heavy atom. The van der Waals surface area contributed by atoms with Gasteiger partial charge in [-0.3, -0.25) is 5.41 Å². The van der Waals surface area contributed by atoms with Crippen LogP contribution in [0.4, 0.5) is 13.2 Å². The molecule has 0 fully saturated rings. The van der Waals surface area contributed by atoms with E-state index < -0.39 is 12.7 Å². The summed E-state index contributed by atoms with van der Waals surface area (Å²) in [5.41, 5.74) is -0.144. The highest BCUT2D eigenvalue weighted by Crippen LogP contribution is 2.15. The lowest BCUT2D eigenvalue weighted by atomic mass is 10.4. The Balaban J connectivity index is 2.91. The maximum absolute atomic E-state index is 11.8. The molecular formula is C7H7F3N2. The number of alkyl halides is 3. The van der Waals surface area contributed by atoms with Crippen molar-refractivity contribution in [2.24, 2.45) is 0 Å². The molecule has 1 rings (SSSR count). The van der Waals surface area contributed by atoms with Crippen molar-refractivity contribution in [1.82, 2.24) is 4.57 Å². The predicted molar refractivity (Wildman–Crippen MR) is 36.3 cm³/mol. The van der Waals surface area contributed by atoms with E-state index in [0.29, 0.717) is 0 Å². The van der Waals surface area contributed by atoms with Gasteiger partial charge in [0.1, 0.15) is 12.0 Å². The second-order valence-corrected chi connectivity index (χ2v) is 2.33. The van der Waals surface area contributed by atoms with E-state index >= 15 is 0 Å². The first kappa shape index (κ1) is 8.83. The Morgan fingerprint density at radius 3 is 2.50 bits per heavy atom. The van der Waals surface area contributed by atoms with Crippen LogP contribution in [0, 0.1) is 5.41 Å². The SMILES string of the molecule is N=c1ccccn1CC(F)(F)F. The molecule has 66 valence electrons. The number of pyridine rings is 1. The lowest BCUT2D eigenvalue weighted by Crippen LogP contribution is -2.26. The van der Waals surface area contributed by atoms with E-state index in [9.17, 15) is 13.2 Å². The van der Waals surface area contributed by atoms with Crippen molar-refractivity contribution in [3.8, 4) is 0 Å². The molecule has 0 unspecified atom stereocenters. The fourth-order valence-electron chi connectivity index (χ4n) is 0.807. The lowest BCUT2D eigenvalue weighted by molar-refractivity contribution is -0.141. The Labute approximate surface area is 66.8 Å². The Kier molecular flexibility index (Phi) is 2.21. The highest BCUT2D eigenvalue weighted by molar-refractivity contribution is 4.91. The Bertz CT molecular complexity index is 313. The highest BCUT2D eigenvalue weighted by atomic mass is 19.4. The predicted octanol–water partition coefficient (Wildman–Crippen LogP) is 1.53. The van der Waals surface area contributed by atoms with Crippen LogP contribution in [-0.4, -0.2) is 10.7 Å². The number of halogens is 3. The van der Waals surface area contributed by atoms with E-state index in [1.54, 1.807) is 0 Å². The van der Waals surface area contributed by atoms with Crippen LogP contribution in [0.15, 0.2) is 24.4 Å². The average molecular weight is 176 g/mol. The van der Waals surface area contributed by atoms with Crippen molar-refractivity contribution >= 4 is 0 Å². The minimum atomic E-state index is -4.26. The van der Waals surface area contributed by atoms with Gasteiger partial charge in [0, 0.05) is 6.20 Å². The number of nitrogens with one attached hydrogen (secondary N) is 1. The third-order valence-corrected chi connectivity index (χ3v) is 1.29. The molecule has 0 aliphatic carbocycles. The normalized spacial score (nSPS) is 11.6. The zero-order valence-corrected chi connectivity index (χ0v) is 6.10. The number of rotatable bonds is 1. The summed E-state index contributed by atoms with van der Waals surface area (Å²) < 4.78 is 36.3. The van der Waals surface area contributed by atoms with E-state index in [1.165, 1.54) is 24.4 Å². The maximum Gasteiger partial charge on any atom is 0.406 e. The molecule has 0 saturated carbocycles. The van der Waals surface area contributed by atoms with E-state index in [-0.39, 0.29) is 5.49 Å². The van der Waals surface area contributed by atoms with Crippen molar-refractivity contribution in [2.75, 3.05) is 0 Å². The molecule has 0 spiro atoms. The van der Waals surface area contributed by atoms with Crippen LogP contribution in [0.25, 0.3) is 0 Å². The zero-order valence-electron chi connectivity index (χ0n) is 6.10. The molecule has 0 saturated heterocycles. The molecule has 0 radical (unpaired) electrons.